The van der Waals surface area contributed by atoms with E-state index in [4.69, 9.17) is 31.9 Å². The fourth-order valence-corrected chi connectivity index (χ4v) is 1.26. The van der Waals surface area contributed by atoms with E-state index in [-0.39, 0.29) is 13.0 Å². The van der Waals surface area contributed by atoms with Crippen molar-refractivity contribution in [1.29, 1.82) is 0 Å². The minimum absolute atomic E-state index is 0.0361. The molecular formula is C12H24N4O8. The molecule has 0 rings (SSSR count). The third-order valence-electron chi connectivity index (χ3n) is 2.42. The number of aliphatic hydroxyl groups is 1. The van der Waals surface area contributed by atoms with Gasteiger partial charge in [-0.15, -0.1) is 0 Å². The Morgan fingerprint density at radius 2 is 1.46 bits per heavy atom. The van der Waals surface area contributed by atoms with Gasteiger partial charge >= 0.3 is 17.9 Å². The van der Waals surface area contributed by atoms with Crippen LogP contribution in [0.25, 0.3) is 0 Å². The van der Waals surface area contributed by atoms with Crippen LogP contribution in [-0.4, -0.2) is 82.6 Å². The summed E-state index contributed by atoms with van der Waals surface area (Å²) in [5.41, 5.74) is 9.84. The van der Waals surface area contributed by atoms with Crippen LogP contribution in [0.3, 0.4) is 0 Å². The summed E-state index contributed by atoms with van der Waals surface area (Å²) in [7, 11) is 0. The van der Waals surface area contributed by atoms with Crippen molar-refractivity contribution in [1.82, 2.24) is 10.6 Å². The van der Waals surface area contributed by atoms with Crippen molar-refractivity contribution in [3.8, 4) is 0 Å². The molecular weight excluding hydrogens is 328 g/mol. The molecule has 0 aromatic heterocycles. The molecule has 0 bridgehead atoms. The largest absolute Gasteiger partial charge is 0.481 e. The molecule has 0 radical (unpaired) electrons. The number of hydrogen-bond acceptors (Lipinski definition) is 8. The number of carbonyl (C=O) groups excluding carboxylic acids is 1. The molecule has 0 unspecified atom stereocenters. The van der Waals surface area contributed by atoms with Crippen LogP contribution in [0, 0.1) is 0 Å². The summed E-state index contributed by atoms with van der Waals surface area (Å²) in [6.07, 6.45) is -0.856. The minimum Gasteiger partial charge on any atom is -0.481 e. The van der Waals surface area contributed by atoms with Crippen molar-refractivity contribution in [2.75, 3.05) is 26.2 Å². The molecule has 0 saturated heterocycles. The molecule has 0 fully saturated rings. The van der Waals surface area contributed by atoms with Crippen molar-refractivity contribution in [3.05, 3.63) is 0 Å². The zero-order valence-corrected chi connectivity index (χ0v) is 13.0. The number of amides is 1. The molecule has 0 aliphatic rings. The first kappa shape index (κ1) is 24.0. The second kappa shape index (κ2) is 14.3. The number of carboxylic acid groups (broad SMARTS) is 3. The maximum atomic E-state index is 10.8. The van der Waals surface area contributed by atoms with E-state index >= 15 is 0 Å². The van der Waals surface area contributed by atoms with E-state index in [2.05, 4.69) is 10.6 Å². The lowest BCUT2D eigenvalue weighted by molar-refractivity contribution is -0.144. The van der Waals surface area contributed by atoms with E-state index in [9.17, 15) is 19.2 Å². The fraction of sp³-hybridized carbons (Fsp3) is 0.667. The van der Waals surface area contributed by atoms with Crippen molar-refractivity contribution >= 4 is 23.8 Å². The molecule has 12 heteroatoms. The second-order valence-electron chi connectivity index (χ2n) is 4.52. The van der Waals surface area contributed by atoms with Crippen LogP contribution in [0.2, 0.25) is 0 Å². The summed E-state index contributed by atoms with van der Waals surface area (Å²) >= 11 is 0. The van der Waals surface area contributed by atoms with Crippen LogP contribution in [0.15, 0.2) is 0 Å². The Morgan fingerprint density at radius 3 is 1.79 bits per heavy atom. The number of primary amides is 1. The van der Waals surface area contributed by atoms with E-state index in [0.29, 0.717) is 19.6 Å². The number of aliphatic carboxylic acids is 3. The van der Waals surface area contributed by atoms with Crippen LogP contribution in [0.4, 0.5) is 0 Å². The van der Waals surface area contributed by atoms with E-state index in [1.54, 1.807) is 0 Å². The molecule has 10 N–H and O–H groups in total. The first-order valence-corrected chi connectivity index (χ1v) is 6.88. The van der Waals surface area contributed by atoms with Crippen LogP contribution >= 0.6 is 0 Å². The van der Waals surface area contributed by atoms with Gasteiger partial charge < -0.3 is 42.5 Å². The molecule has 0 aliphatic carbocycles. The van der Waals surface area contributed by atoms with Crippen molar-refractivity contribution in [2.24, 2.45) is 11.5 Å². The predicted octanol–water partition coefficient (Wildman–Crippen LogP) is -3.64. The zero-order chi connectivity index (χ0) is 19.1. The molecule has 0 heterocycles. The van der Waals surface area contributed by atoms with Gasteiger partial charge in [0, 0.05) is 19.6 Å². The molecule has 0 aromatic carbocycles. The molecule has 0 aliphatic heterocycles. The Balaban J connectivity index is 0. The van der Waals surface area contributed by atoms with Gasteiger partial charge in [0.2, 0.25) is 5.91 Å². The number of carbonyl (C=O) groups is 4. The summed E-state index contributed by atoms with van der Waals surface area (Å²) in [5.74, 6) is -4.25. The lowest BCUT2D eigenvalue weighted by Gasteiger charge is -2.13. The highest BCUT2D eigenvalue weighted by Gasteiger charge is 2.17. The predicted molar refractivity (Wildman–Crippen MR) is 81.1 cm³/mol. The maximum absolute atomic E-state index is 10.8. The number of nitrogens with one attached hydrogen (secondary N) is 2. The summed E-state index contributed by atoms with van der Waals surface area (Å²) in [4.78, 5) is 40.8. The average Bonchev–Trinajstić information content (AvgIpc) is 2.45. The molecule has 2 atom stereocenters. The SMILES string of the molecule is NC(=O)[C@H](CC(=O)O)NCCNCCO.N[C@@H](CC(=O)O)C(=O)O. The number of rotatable bonds is 12. The Labute approximate surface area is 137 Å². The Hall–Kier alpha value is -2.28. The van der Waals surface area contributed by atoms with E-state index in [1.165, 1.54) is 0 Å². The van der Waals surface area contributed by atoms with Gasteiger partial charge in [0.15, 0.2) is 0 Å². The topological polar surface area (TPSA) is 225 Å². The minimum atomic E-state index is -1.29. The molecule has 24 heavy (non-hydrogen) atoms. The zero-order valence-electron chi connectivity index (χ0n) is 13.0. The molecule has 1 amide bonds. The Kier molecular flexibility index (Phi) is 14.3. The lowest BCUT2D eigenvalue weighted by Crippen LogP contribution is -2.45. The fourth-order valence-electron chi connectivity index (χ4n) is 1.26. The monoisotopic (exact) mass is 352 g/mol. The van der Waals surface area contributed by atoms with Crippen molar-refractivity contribution in [2.45, 2.75) is 24.9 Å². The number of nitrogens with two attached hydrogens (primary N) is 2. The molecule has 0 spiro atoms. The van der Waals surface area contributed by atoms with E-state index in [1.807, 2.05) is 0 Å². The van der Waals surface area contributed by atoms with Gasteiger partial charge in [-0.3, -0.25) is 19.2 Å². The van der Waals surface area contributed by atoms with Crippen molar-refractivity contribution < 1.29 is 39.6 Å². The number of aliphatic hydroxyl groups excluding tert-OH is 1. The van der Waals surface area contributed by atoms with E-state index < -0.39 is 42.3 Å². The summed E-state index contributed by atoms with van der Waals surface area (Å²) in [6, 6.07) is -2.14. The summed E-state index contributed by atoms with van der Waals surface area (Å²) in [5, 5.41) is 38.5. The smallest absolute Gasteiger partial charge is 0.321 e. The van der Waals surface area contributed by atoms with Crippen LogP contribution in [-0.2, 0) is 19.2 Å². The summed E-state index contributed by atoms with van der Waals surface area (Å²) < 4.78 is 0. The second-order valence-corrected chi connectivity index (χ2v) is 4.52. The van der Waals surface area contributed by atoms with Gasteiger partial charge in [0.05, 0.1) is 25.5 Å². The van der Waals surface area contributed by atoms with Gasteiger partial charge in [-0.2, -0.15) is 0 Å². The first-order valence-electron chi connectivity index (χ1n) is 6.88. The number of hydrogen-bond donors (Lipinski definition) is 8. The summed E-state index contributed by atoms with van der Waals surface area (Å²) in [6.45, 7) is 1.45. The molecule has 0 aromatic rings. The van der Waals surface area contributed by atoms with Gasteiger partial charge in [0.25, 0.3) is 0 Å². The maximum Gasteiger partial charge on any atom is 0.321 e. The van der Waals surface area contributed by atoms with Crippen LogP contribution in [0.1, 0.15) is 12.8 Å². The molecule has 140 valence electrons. The quantitative estimate of drug-likeness (QED) is 0.160. The highest BCUT2D eigenvalue weighted by atomic mass is 16.4. The third-order valence-corrected chi connectivity index (χ3v) is 2.42. The standard InChI is InChI=1S/C8H17N3O4.C4H7NO4/c9-8(15)6(5-7(13)14)11-2-1-10-3-4-12;5-2(4(8)9)1-3(6)7/h6,10-12H,1-5H2,(H2,9,15)(H,13,14);2H,1,5H2,(H,6,7)(H,8,9)/t6-;2-/m00/s1. The third kappa shape index (κ3) is 16.1. The van der Waals surface area contributed by atoms with Crippen LogP contribution in [0.5, 0.6) is 0 Å². The Bertz CT molecular complexity index is 418. The van der Waals surface area contributed by atoms with Crippen molar-refractivity contribution in [3.63, 3.8) is 0 Å². The highest BCUT2D eigenvalue weighted by Crippen LogP contribution is 1.90. The van der Waals surface area contributed by atoms with Gasteiger partial charge in [-0.25, -0.2) is 0 Å². The number of carboxylic acids is 3. The normalized spacial score (nSPS) is 12.4. The van der Waals surface area contributed by atoms with E-state index in [0.717, 1.165) is 0 Å². The average molecular weight is 352 g/mol. The first-order chi connectivity index (χ1) is 11.1. The van der Waals surface area contributed by atoms with Crippen LogP contribution < -0.4 is 22.1 Å². The van der Waals surface area contributed by atoms with Gasteiger partial charge in [-0.1, -0.05) is 0 Å². The van der Waals surface area contributed by atoms with Gasteiger partial charge in [-0.05, 0) is 0 Å². The Morgan fingerprint density at radius 1 is 0.917 bits per heavy atom. The molecule has 0 saturated carbocycles. The van der Waals surface area contributed by atoms with Gasteiger partial charge in [0.1, 0.15) is 6.04 Å². The highest BCUT2D eigenvalue weighted by molar-refractivity contribution is 5.84. The lowest BCUT2D eigenvalue weighted by atomic mass is 10.2. The molecule has 12 nitrogen and oxygen atoms in total.